The fourth-order valence-electron chi connectivity index (χ4n) is 3.70. The fourth-order valence-corrected chi connectivity index (χ4v) is 3.70. The second-order valence-corrected chi connectivity index (χ2v) is 7.09. The molecule has 5 nitrogen and oxygen atoms in total. The molecule has 2 heterocycles. The topological polar surface area (TPSA) is 42.0 Å². The molecule has 2 fully saturated rings. The van der Waals surface area contributed by atoms with Crippen LogP contribution in [-0.2, 0) is 14.3 Å². The summed E-state index contributed by atoms with van der Waals surface area (Å²) in [4.78, 5) is 17.1. The average molecular weight is 312 g/mol. The lowest BCUT2D eigenvalue weighted by atomic mass is 9.95. The highest BCUT2D eigenvalue weighted by atomic mass is 16.7. The van der Waals surface area contributed by atoms with Crippen LogP contribution in [0.1, 0.15) is 47.5 Å². The number of amides is 1. The highest BCUT2D eigenvalue weighted by Gasteiger charge is 2.35. The maximum atomic E-state index is 12.8. The van der Waals surface area contributed by atoms with Crippen LogP contribution in [0.5, 0.6) is 0 Å². The Kier molecular flexibility index (Phi) is 6.24. The molecule has 0 radical (unpaired) electrons. The molecule has 1 atom stereocenters. The molecule has 0 aliphatic carbocycles. The van der Waals surface area contributed by atoms with Crippen LogP contribution in [0.15, 0.2) is 0 Å². The SMILES string of the molecule is CC(C(=O)N(C(C)C)C(C)C)N1CCC(C2OCCO2)CC1. The second-order valence-electron chi connectivity index (χ2n) is 7.09. The standard InChI is InChI=1S/C17H32N2O3/c1-12(2)19(13(3)4)16(20)14(5)18-8-6-15(7-9-18)17-21-10-11-22-17/h12-15,17H,6-11H2,1-5H3. The third kappa shape index (κ3) is 4.00. The van der Waals surface area contributed by atoms with E-state index in [2.05, 4.69) is 32.6 Å². The van der Waals surface area contributed by atoms with Crippen molar-refractivity contribution in [2.45, 2.75) is 71.9 Å². The number of carbonyl (C=O) groups is 1. The van der Waals surface area contributed by atoms with Gasteiger partial charge < -0.3 is 14.4 Å². The maximum absolute atomic E-state index is 12.8. The predicted octanol–water partition coefficient (Wildman–Crippen LogP) is 2.11. The molecule has 0 saturated carbocycles. The summed E-state index contributed by atoms with van der Waals surface area (Å²) in [6.07, 6.45) is 2.08. The van der Waals surface area contributed by atoms with Crippen LogP contribution in [0, 0.1) is 5.92 Å². The molecule has 2 rings (SSSR count). The molecule has 128 valence electrons. The van der Waals surface area contributed by atoms with Crippen molar-refractivity contribution in [2.24, 2.45) is 5.92 Å². The van der Waals surface area contributed by atoms with Crippen molar-refractivity contribution in [1.29, 1.82) is 0 Å². The van der Waals surface area contributed by atoms with Crippen molar-refractivity contribution < 1.29 is 14.3 Å². The molecule has 2 aliphatic heterocycles. The quantitative estimate of drug-likeness (QED) is 0.780. The van der Waals surface area contributed by atoms with Gasteiger partial charge in [-0.25, -0.2) is 0 Å². The first kappa shape index (κ1) is 17.7. The zero-order chi connectivity index (χ0) is 16.3. The molecular formula is C17H32N2O3. The molecule has 22 heavy (non-hydrogen) atoms. The molecule has 0 bridgehead atoms. The lowest BCUT2D eigenvalue weighted by molar-refractivity contribution is -0.142. The summed E-state index contributed by atoms with van der Waals surface area (Å²) in [5.74, 6) is 0.726. The Balaban J connectivity index is 1.88. The summed E-state index contributed by atoms with van der Waals surface area (Å²) in [5, 5.41) is 0. The van der Waals surface area contributed by atoms with Crippen LogP contribution >= 0.6 is 0 Å². The molecule has 0 aromatic carbocycles. The Morgan fingerprint density at radius 2 is 1.50 bits per heavy atom. The van der Waals surface area contributed by atoms with Crippen LogP contribution in [0.4, 0.5) is 0 Å². The minimum Gasteiger partial charge on any atom is -0.350 e. The molecule has 0 aromatic heterocycles. The van der Waals surface area contributed by atoms with E-state index in [1.54, 1.807) is 0 Å². The van der Waals surface area contributed by atoms with E-state index in [1.165, 1.54) is 0 Å². The summed E-state index contributed by atoms with van der Waals surface area (Å²) in [6.45, 7) is 13.7. The lowest BCUT2D eigenvalue weighted by Gasteiger charge is -2.40. The number of ether oxygens (including phenoxy) is 2. The van der Waals surface area contributed by atoms with Gasteiger partial charge >= 0.3 is 0 Å². The zero-order valence-corrected chi connectivity index (χ0v) is 14.7. The molecule has 0 N–H and O–H groups in total. The summed E-state index contributed by atoms with van der Waals surface area (Å²) < 4.78 is 11.2. The highest BCUT2D eigenvalue weighted by Crippen LogP contribution is 2.27. The zero-order valence-electron chi connectivity index (χ0n) is 14.7. The first-order valence-electron chi connectivity index (χ1n) is 8.71. The highest BCUT2D eigenvalue weighted by molar-refractivity contribution is 5.82. The van der Waals surface area contributed by atoms with Crippen molar-refractivity contribution in [3.63, 3.8) is 0 Å². The minimum absolute atomic E-state index is 0.0176. The number of likely N-dealkylation sites (tertiary alicyclic amines) is 1. The Morgan fingerprint density at radius 3 is 1.95 bits per heavy atom. The second kappa shape index (κ2) is 7.75. The van der Waals surface area contributed by atoms with E-state index in [4.69, 9.17) is 9.47 Å². The third-order valence-electron chi connectivity index (χ3n) is 4.88. The Morgan fingerprint density at radius 1 is 1.00 bits per heavy atom. The summed E-state index contributed by atoms with van der Waals surface area (Å²) in [7, 11) is 0. The van der Waals surface area contributed by atoms with Gasteiger partial charge in [0.15, 0.2) is 6.29 Å². The first-order valence-corrected chi connectivity index (χ1v) is 8.71. The predicted molar refractivity (Wildman–Crippen MR) is 86.6 cm³/mol. The van der Waals surface area contributed by atoms with E-state index in [0.29, 0.717) is 5.92 Å². The third-order valence-corrected chi connectivity index (χ3v) is 4.88. The van der Waals surface area contributed by atoms with Crippen molar-refractivity contribution in [3.8, 4) is 0 Å². The minimum atomic E-state index is -0.0452. The van der Waals surface area contributed by atoms with Gasteiger partial charge in [-0.3, -0.25) is 9.69 Å². The molecule has 0 aromatic rings. The van der Waals surface area contributed by atoms with E-state index in [0.717, 1.165) is 39.1 Å². The first-order chi connectivity index (χ1) is 10.4. The van der Waals surface area contributed by atoms with E-state index in [-0.39, 0.29) is 30.3 Å². The van der Waals surface area contributed by atoms with Crippen molar-refractivity contribution in [1.82, 2.24) is 9.80 Å². The molecule has 0 spiro atoms. The fraction of sp³-hybridized carbons (Fsp3) is 0.941. The number of carbonyl (C=O) groups excluding carboxylic acids is 1. The summed E-state index contributed by atoms with van der Waals surface area (Å²) in [6, 6.07) is 0.441. The van der Waals surface area contributed by atoms with Gasteiger partial charge in [-0.2, -0.15) is 0 Å². The van der Waals surface area contributed by atoms with Gasteiger partial charge in [0.2, 0.25) is 5.91 Å². The van der Waals surface area contributed by atoms with Crippen LogP contribution in [-0.4, -0.2) is 66.4 Å². The van der Waals surface area contributed by atoms with E-state index < -0.39 is 0 Å². The molecule has 2 aliphatic rings. The van der Waals surface area contributed by atoms with Crippen molar-refractivity contribution >= 4 is 5.91 Å². The van der Waals surface area contributed by atoms with Crippen LogP contribution < -0.4 is 0 Å². The van der Waals surface area contributed by atoms with Gasteiger partial charge in [0.05, 0.1) is 19.3 Å². The van der Waals surface area contributed by atoms with Crippen LogP contribution in [0.25, 0.3) is 0 Å². The average Bonchev–Trinajstić information content (AvgIpc) is 3.00. The van der Waals surface area contributed by atoms with Crippen molar-refractivity contribution in [3.05, 3.63) is 0 Å². The van der Waals surface area contributed by atoms with E-state index >= 15 is 0 Å². The van der Waals surface area contributed by atoms with Gasteiger partial charge in [0.25, 0.3) is 0 Å². The maximum Gasteiger partial charge on any atom is 0.240 e. The molecule has 1 amide bonds. The number of hydrogen-bond donors (Lipinski definition) is 0. The number of hydrogen-bond acceptors (Lipinski definition) is 4. The monoisotopic (exact) mass is 312 g/mol. The Labute approximate surface area is 134 Å². The Hall–Kier alpha value is -0.650. The van der Waals surface area contributed by atoms with E-state index in [1.807, 2.05) is 11.8 Å². The molecular weight excluding hydrogens is 280 g/mol. The van der Waals surface area contributed by atoms with E-state index in [9.17, 15) is 4.79 Å². The molecule has 1 unspecified atom stereocenters. The number of rotatable bonds is 5. The van der Waals surface area contributed by atoms with Gasteiger partial charge in [0.1, 0.15) is 0 Å². The number of nitrogens with zero attached hydrogens (tertiary/aromatic N) is 2. The van der Waals surface area contributed by atoms with Crippen molar-refractivity contribution in [2.75, 3.05) is 26.3 Å². The lowest BCUT2D eigenvalue weighted by Crippen LogP contribution is -2.53. The normalized spacial score (nSPS) is 23.4. The molecule has 5 heteroatoms. The van der Waals surface area contributed by atoms with Crippen LogP contribution in [0.3, 0.4) is 0 Å². The van der Waals surface area contributed by atoms with Gasteiger partial charge in [0, 0.05) is 18.0 Å². The largest absolute Gasteiger partial charge is 0.350 e. The smallest absolute Gasteiger partial charge is 0.240 e. The van der Waals surface area contributed by atoms with Gasteiger partial charge in [-0.05, 0) is 60.5 Å². The van der Waals surface area contributed by atoms with Gasteiger partial charge in [-0.15, -0.1) is 0 Å². The van der Waals surface area contributed by atoms with Gasteiger partial charge in [-0.1, -0.05) is 0 Å². The molecule has 2 saturated heterocycles. The van der Waals surface area contributed by atoms with Crippen LogP contribution in [0.2, 0.25) is 0 Å². The Bertz CT molecular complexity index is 351. The summed E-state index contributed by atoms with van der Waals surface area (Å²) in [5.41, 5.74) is 0. The summed E-state index contributed by atoms with van der Waals surface area (Å²) >= 11 is 0. The number of piperidine rings is 1.